The van der Waals surface area contributed by atoms with Gasteiger partial charge in [-0.1, -0.05) is 66.4 Å². The molecule has 0 saturated carbocycles. The van der Waals surface area contributed by atoms with Gasteiger partial charge in [0.05, 0.1) is 17.4 Å². The van der Waals surface area contributed by atoms with E-state index in [1.165, 1.54) is 30.3 Å². The molecule has 0 spiro atoms. The van der Waals surface area contributed by atoms with E-state index in [4.69, 9.17) is 5.10 Å². The maximum atomic E-state index is 13.9. The zero-order valence-electron chi connectivity index (χ0n) is 18.4. The lowest BCUT2D eigenvalue weighted by Crippen LogP contribution is -2.25. The minimum Gasteiger partial charge on any atom is -0.324 e. The Morgan fingerprint density at radius 2 is 1.71 bits per heavy atom. The number of hydrazone groups is 1. The summed E-state index contributed by atoms with van der Waals surface area (Å²) in [6, 6.07) is 21.4. The third-order valence-corrected chi connectivity index (χ3v) is 6.86. The van der Waals surface area contributed by atoms with E-state index in [1.807, 2.05) is 30.3 Å². The van der Waals surface area contributed by atoms with Crippen LogP contribution in [0.3, 0.4) is 0 Å². The number of hydrogen-bond acceptors (Lipinski definition) is 5. The number of rotatable bonds is 5. The van der Waals surface area contributed by atoms with Crippen LogP contribution in [0.4, 0.5) is 14.5 Å². The Bertz CT molecular complexity index is 1330. The SMILES string of the molecule is O=C(C[C@H]1SC(N2N=C(c3ccccc3)C[C@H]2c2ccc(F)cc2)=NC1=O)Nc1ccccc1F. The molecule has 2 aliphatic heterocycles. The number of amides is 2. The van der Waals surface area contributed by atoms with Crippen molar-refractivity contribution in [1.29, 1.82) is 0 Å². The summed E-state index contributed by atoms with van der Waals surface area (Å²) in [5.41, 5.74) is 2.65. The van der Waals surface area contributed by atoms with E-state index < -0.39 is 22.9 Å². The summed E-state index contributed by atoms with van der Waals surface area (Å²) in [5.74, 6) is -1.83. The molecule has 9 heteroatoms. The molecule has 0 aromatic heterocycles. The van der Waals surface area contributed by atoms with Crippen LogP contribution in [0.1, 0.15) is 30.0 Å². The number of aliphatic imine (C=N–C) groups is 1. The van der Waals surface area contributed by atoms with Gasteiger partial charge in [0.2, 0.25) is 5.91 Å². The van der Waals surface area contributed by atoms with Gasteiger partial charge < -0.3 is 5.32 Å². The topological polar surface area (TPSA) is 74.1 Å². The van der Waals surface area contributed by atoms with E-state index in [9.17, 15) is 18.4 Å². The Kier molecular flexibility index (Phi) is 6.41. The van der Waals surface area contributed by atoms with Crippen molar-refractivity contribution >= 4 is 40.1 Å². The normalized spacial score (nSPS) is 19.5. The lowest BCUT2D eigenvalue weighted by Gasteiger charge is -2.23. The Morgan fingerprint density at radius 3 is 2.46 bits per heavy atom. The minimum absolute atomic E-state index is 0.0575. The van der Waals surface area contributed by atoms with E-state index in [1.54, 1.807) is 23.2 Å². The number of carbonyl (C=O) groups is 2. The standard InChI is InChI=1S/C26H20F2N4O2S/c27-18-12-10-17(11-13-18)22-14-21(16-6-2-1-3-7-16)31-32(22)26-30-25(34)23(35-26)15-24(33)29-20-9-5-4-8-19(20)28/h1-13,22-23H,14-15H2,(H,29,33)/t22-,23+/m0/s1. The van der Waals surface area contributed by atoms with Crippen LogP contribution in [0, 0.1) is 11.6 Å². The third-order valence-electron chi connectivity index (χ3n) is 5.72. The third kappa shape index (κ3) is 5.00. The maximum absolute atomic E-state index is 13.9. The van der Waals surface area contributed by atoms with Crippen LogP contribution < -0.4 is 5.32 Å². The monoisotopic (exact) mass is 490 g/mol. The van der Waals surface area contributed by atoms with Gasteiger partial charge in [-0.15, -0.1) is 0 Å². The zero-order chi connectivity index (χ0) is 24.4. The molecule has 0 radical (unpaired) electrons. The Hall–Kier alpha value is -3.85. The van der Waals surface area contributed by atoms with E-state index >= 15 is 0 Å². The fourth-order valence-corrected chi connectivity index (χ4v) is 5.03. The molecule has 3 aromatic carbocycles. The summed E-state index contributed by atoms with van der Waals surface area (Å²) in [5, 5.41) is 8.55. The summed E-state index contributed by atoms with van der Waals surface area (Å²) in [4.78, 5) is 29.3. The average Bonchev–Trinajstić information content (AvgIpc) is 3.46. The van der Waals surface area contributed by atoms with Gasteiger partial charge in [-0.25, -0.2) is 13.8 Å². The smallest absolute Gasteiger partial charge is 0.262 e. The molecule has 176 valence electrons. The quantitative estimate of drug-likeness (QED) is 0.537. The van der Waals surface area contributed by atoms with Crippen molar-refractivity contribution < 1.29 is 18.4 Å². The van der Waals surface area contributed by atoms with Gasteiger partial charge in [0.15, 0.2) is 5.17 Å². The number of thioether (sulfide) groups is 1. The van der Waals surface area contributed by atoms with Crippen molar-refractivity contribution in [2.24, 2.45) is 10.1 Å². The molecule has 0 fully saturated rings. The van der Waals surface area contributed by atoms with Gasteiger partial charge in [0.25, 0.3) is 5.91 Å². The van der Waals surface area contributed by atoms with Gasteiger partial charge in [-0.2, -0.15) is 10.1 Å². The number of nitrogens with one attached hydrogen (secondary N) is 1. The number of halogens is 2. The van der Waals surface area contributed by atoms with Gasteiger partial charge in [0, 0.05) is 12.8 Å². The van der Waals surface area contributed by atoms with E-state index in [0.717, 1.165) is 28.6 Å². The first-order chi connectivity index (χ1) is 17.0. The fourth-order valence-electron chi connectivity index (χ4n) is 3.97. The molecule has 5 rings (SSSR count). The van der Waals surface area contributed by atoms with E-state index in [2.05, 4.69) is 10.3 Å². The highest BCUT2D eigenvalue weighted by Gasteiger charge is 2.39. The fraction of sp³-hybridized carbons (Fsp3) is 0.154. The number of nitrogens with zero attached hydrogens (tertiary/aromatic N) is 3. The number of hydrogen-bond donors (Lipinski definition) is 1. The number of anilines is 1. The number of benzene rings is 3. The van der Waals surface area contributed by atoms with Gasteiger partial charge >= 0.3 is 0 Å². The highest BCUT2D eigenvalue weighted by Crippen LogP contribution is 2.38. The zero-order valence-corrected chi connectivity index (χ0v) is 19.2. The largest absolute Gasteiger partial charge is 0.324 e. The molecule has 2 aliphatic rings. The number of amidine groups is 1. The van der Waals surface area contributed by atoms with Crippen molar-refractivity contribution in [2.75, 3.05) is 5.32 Å². The maximum Gasteiger partial charge on any atom is 0.262 e. The molecule has 0 bridgehead atoms. The van der Waals surface area contributed by atoms with Crippen LogP contribution >= 0.6 is 11.8 Å². The summed E-state index contributed by atoms with van der Waals surface area (Å²) >= 11 is 1.15. The summed E-state index contributed by atoms with van der Waals surface area (Å²) in [6.07, 6.45) is 0.386. The highest BCUT2D eigenvalue weighted by atomic mass is 32.2. The predicted octanol–water partition coefficient (Wildman–Crippen LogP) is 5.14. The molecular weight excluding hydrogens is 470 g/mol. The van der Waals surface area contributed by atoms with Crippen LogP contribution in [-0.2, 0) is 9.59 Å². The molecule has 2 amide bonds. The molecule has 35 heavy (non-hydrogen) atoms. The second-order valence-electron chi connectivity index (χ2n) is 8.10. The molecule has 0 saturated heterocycles. The van der Waals surface area contributed by atoms with Crippen molar-refractivity contribution in [2.45, 2.75) is 24.1 Å². The van der Waals surface area contributed by atoms with E-state index in [-0.39, 0.29) is 24.0 Å². The summed E-state index contributed by atoms with van der Waals surface area (Å²) in [7, 11) is 0. The number of para-hydroxylation sites is 1. The molecule has 6 nitrogen and oxygen atoms in total. The Balaban J connectivity index is 1.35. The van der Waals surface area contributed by atoms with Crippen molar-refractivity contribution in [3.63, 3.8) is 0 Å². The van der Waals surface area contributed by atoms with Crippen LogP contribution in [-0.4, -0.2) is 33.0 Å². The lowest BCUT2D eigenvalue weighted by atomic mass is 9.99. The Labute approximate surface area is 204 Å². The summed E-state index contributed by atoms with van der Waals surface area (Å²) in [6.45, 7) is 0. The van der Waals surface area contributed by atoms with Crippen molar-refractivity contribution in [1.82, 2.24) is 5.01 Å². The molecule has 3 aromatic rings. The number of carbonyl (C=O) groups excluding carboxylic acids is 2. The van der Waals surface area contributed by atoms with Gasteiger partial charge in [-0.3, -0.25) is 9.59 Å². The van der Waals surface area contributed by atoms with Crippen LogP contribution in [0.25, 0.3) is 0 Å². The van der Waals surface area contributed by atoms with Crippen LogP contribution in [0.2, 0.25) is 0 Å². The Morgan fingerprint density at radius 1 is 1.00 bits per heavy atom. The molecule has 2 atom stereocenters. The van der Waals surface area contributed by atoms with Crippen molar-refractivity contribution in [3.05, 3.63) is 102 Å². The van der Waals surface area contributed by atoms with E-state index in [0.29, 0.717) is 11.6 Å². The summed E-state index contributed by atoms with van der Waals surface area (Å²) < 4.78 is 27.4. The lowest BCUT2D eigenvalue weighted by molar-refractivity contribution is -0.121. The minimum atomic E-state index is -0.749. The van der Waals surface area contributed by atoms with Crippen LogP contribution in [0.15, 0.2) is 89.0 Å². The molecular formula is C26H20F2N4O2S. The van der Waals surface area contributed by atoms with Gasteiger partial charge in [-0.05, 0) is 35.4 Å². The molecule has 2 heterocycles. The highest BCUT2D eigenvalue weighted by molar-refractivity contribution is 8.15. The first-order valence-corrected chi connectivity index (χ1v) is 11.9. The first kappa shape index (κ1) is 22.9. The second kappa shape index (κ2) is 9.79. The molecule has 0 aliphatic carbocycles. The molecule has 0 unspecified atom stereocenters. The van der Waals surface area contributed by atoms with Crippen molar-refractivity contribution in [3.8, 4) is 0 Å². The first-order valence-electron chi connectivity index (χ1n) is 11.0. The predicted molar refractivity (Wildman–Crippen MR) is 132 cm³/mol. The average molecular weight is 491 g/mol. The molecule has 1 N–H and O–H groups in total. The van der Waals surface area contributed by atoms with Crippen LogP contribution in [0.5, 0.6) is 0 Å². The second-order valence-corrected chi connectivity index (χ2v) is 9.27. The van der Waals surface area contributed by atoms with Gasteiger partial charge in [0.1, 0.15) is 16.9 Å².